The van der Waals surface area contributed by atoms with E-state index in [-0.39, 0.29) is 5.91 Å². The molecule has 0 atom stereocenters. The maximum Gasteiger partial charge on any atom is 0.254 e. The predicted octanol–water partition coefficient (Wildman–Crippen LogP) is 4.64. The predicted molar refractivity (Wildman–Crippen MR) is 105 cm³/mol. The normalized spacial score (nSPS) is 11.1. The van der Waals surface area contributed by atoms with Crippen molar-refractivity contribution in [3.8, 4) is 0 Å². The summed E-state index contributed by atoms with van der Waals surface area (Å²) < 4.78 is 11.0. The lowest BCUT2D eigenvalue weighted by Gasteiger charge is -2.15. The van der Waals surface area contributed by atoms with Gasteiger partial charge >= 0.3 is 0 Å². The lowest BCUT2D eigenvalue weighted by atomic mass is 10.1. The Hall–Kier alpha value is -3.12. The van der Waals surface area contributed by atoms with E-state index in [1.54, 1.807) is 30.1 Å². The third kappa shape index (κ3) is 3.92. The average Bonchev–Trinajstić information content (AvgIpc) is 3.27. The number of halogens is 1. The second-order valence-corrected chi connectivity index (χ2v) is 7.13. The Morgan fingerprint density at radius 1 is 1.14 bits per heavy atom. The third-order valence-corrected chi connectivity index (χ3v) is 4.62. The van der Waals surface area contributed by atoms with Crippen molar-refractivity contribution in [1.82, 2.24) is 15.0 Å². The Balaban J connectivity index is 1.52. The number of oxazole rings is 1. The van der Waals surface area contributed by atoms with Crippen LogP contribution in [0.25, 0.3) is 11.1 Å². The Morgan fingerprint density at radius 3 is 2.64 bits per heavy atom. The minimum absolute atomic E-state index is 0.127. The number of rotatable bonds is 5. The van der Waals surface area contributed by atoms with Crippen LogP contribution in [-0.2, 0) is 13.0 Å². The summed E-state index contributed by atoms with van der Waals surface area (Å²) in [6, 6.07) is 14.6. The Morgan fingerprint density at radius 2 is 1.93 bits per heavy atom. The van der Waals surface area contributed by atoms with Crippen LogP contribution in [0.4, 0.5) is 0 Å². The van der Waals surface area contributed by atoms with Crippen molar-refractivity contribution in [2.75, 3.05) is 7.05 Å². The molecule has 7 heteroatoms. The van der Waals surface area contributed by atoms with Gasteiger partial charge in [-0.3, -0.25) is 4.79 Å². The molecule has 0 aliphatic rings. The Labute approximate surface area is 166 Å². The zero-order chi connectivity index (χ0) is 19.7. The van der Waals surface area contributed by atoms with Crippen LogP contribution in [0.2, 0.25) is 5.02 Å². The Kier molecular flexibility index (Phi) is 4.88. The van der Waals surface area contributed by atoms with Gasteiger partial charge in [-0.1, -0.05) is 28.9 Å². The summed E-state index contributed by atoms with van der Waals surface area (Å²) in [5.74, 6) is 1.10. The molecule has 2 aromatic heterocycles. The molecule has 0 unspecified atom stereocenters. The van der Waals surface area contributed by atoms with Gasteiger partial charge in [0.05, 0.1) is 12.2 Å². The first kappa shape index (κ1) is 18.3. The zero-order valence-electron chi connectivity index (χ0n) is 15.5. The first-order valence-electron chi connectivity index (χ1n) is 8.79. The zero-order valence-corrected chi connectivity index (χ0v) is 16.2. The summed E-state index contributed by atoms with van der Waals surface area (Å²) in [6.07, 6.45) is 0.555. The SMILES string of the molecule is Cc1cc(CN(C)C(=O)c2ccc3oc(Cc4ccc(Cl)cc4)nc3c2)on1. The van der Waals surface area contributed by atoms with Crippen molar-refractivity contribution in [2.24, 2.45) is 0 Å². The minimum Gasteiger partial charge on any atom is -0.440 e. The van der Waals surface area contributed by atoms with Gasteiger partial charge in [-0.2, -0.15) is 0 Å². The fourth-order valence-corrected chi connectivity index (χ4v) is 3.10. The van der Waals surface area contributed by atoms with Gasteiger partial charge in [-0.15, -0.1) is 0 Å². The summed E-state index contributed by atoms with van der Waals surface area (Å²) in [4.78, 5) is 18.8. The molecular formula is C21H18ClN3O3. The molecule has 0 saturated heterocycles. The summed E-state index contributed by atoms with van der Waals surface area (Å²) in [7, 11) is 1.72. The molecule has 0 aliphatic heterocycles. The smallest absolute Gasteiger partial charge is 0.254 e. The maximum absolute atomic E-state index is 12.7. The summed E-state index contributed by atoms with van der Waals surface area (Å²) in [5, 5.41) is 4.53. The van der Waals surface area contributed by atoms with Gasteiger partial charge in [0.25, 0.3) is 5.91 Å². The first-order chi connectivity index (χ1) is 13.5. The molecule has 0 bridgehead atoms. The van der Waals surface area contributed by atoms with Crippen LogP contribution in [0.3, 0.4) is 0 Å². The van der Waals surface area contributed by atoms with E-state index >= 15 is 0 Å². The van der Waals surface area contributed by atoms with E-state index in [4.69, 9.17) is 20.5 Å². The van der Waals surface area contributed by atoms with Crippen molar-refractivity contribution < 1.29 is 13.7 Å². The largest absolute Gasteiger partial charge is 0.440 e. The first-order valence-corrected chi connectivity index (χ1v) is 9.17. The van der Waals surface area contributed by atoms with Crippen LogP contribution in [0.1, 0.15) is 33.3 Å². The number of hydrogen-bond acceptors (Lipinski definition) is 5. The average molecular weight is 396 g/mol. The summed E-state index contributed by atoms with van der Waals surface area (Å²) >= 11 is 5.92. The monoisotopic (exact) mass is 395 g/mol. The second kappa shape index (κ2) is 7.48. The van der Waals surface area contributed by atoms with Crippen molar-refractivity contribution in [3.63, 3.8) is 0 Å². The maximum atomic E-state index is 12.7. The molecule has 0 fully saturated rings. The van der Waals surface area contributed by atoms with E-state index in [1.165, 1.54) is 0 Å². The van der Waals surface area contributed by atoms with Crippen LogP contribution >= 0.6 is 11.6 Å². The number of carbonyl (C=O) groups is 1. The molecule has 142 valence electrons. The van der Waals surface area contributed by atoms with E-state index in [0.717, 1.165) is 11.3 Å². The van der Waals surface area contributed by atoms with Crippen LogP contribution in [0.5, 0.6) is 0 Å². The van der Waals surface area contributed by atoms with Gasteiger partial charge in [-0.25, -0.2) is 4.98 Å². The fourth-order valence-electron chi connectivity index (χ4n) is 2.98. The van der Waals surface area contributed by atoms with Crippen LogP contribution in [-0.4, -0.2) is 28.0 Å². The van der Waals surface area contributed by atoms with Gasteiger partial charge < -0.3 is 13.8 Å². The Bertz CT molecular complexity index is 1130. The number of aryl methyl sites for hydroxylation is 1. The standard InChI is InChI=1S/C21H18ClN3O3/c1-13-9-17(28-24-13)12-25(2)21(26)15-5-8-19-18(11-15)23-20(27-19)10-14-3-6-16(22)7-4-14/h3-9,11H,10,12H2,1-2H3. The van der Waals surface area contributed by atoms with Crippen LogP contribution in [0.15, 0.2) is 57.5 Å². The summed E-state index contributed by atoms with van der Waals surface area (Å²) in [6.45, 7) is 2.19. The minimum atomic E-state index is -0.127. The second-order valence-electron chi connectivity index (χ2n) is 6.69. The number of nitrogens with zero attached hydrogens (tertiary/aromatic N) is 3. The van der Waals surface area contributed by atoms with Crippen LogP contribution in [0, 0.1) is 6.92 Å². The molecule has 0 aliphatic carbocycles. The van der Waals surface area contributed by atoms with E-state index in [0.29, 0.717) is 46.3 Å². The highest BCUT2D eigenvalue weighted by molar-refractivity contribution is 6.30. The molecule has 2 heterocycles. The summed E-state index contributed by atoms with van der Waals surface area (Å²) in [5.41, 5.74) is 3.67. The van der Waals surface area contributed by atoms with Crippen molar-refractivity contribution in [1.29, 1.82) is 0 Å². The lowest BCUT2D eigenvalue weighted by molar-refractivity contribution is 0.0772. The highest BCUT2D eigenvalue weighted by Crippen LogP contribution is 2.21. The van der Waals surface area contributed by atoms with Crippen molar-refractivity contribution in [3.05, 3.63) is 82.0 Å². The molecule has 0 radical (unpaired) electrons. The van der Waals surface area contributed by atoms with Gasteiger partial charge in [-0.05, 0) is 42.8 Å². The third-order valence-electron chi connectivity index (χ3n) is 4.36. The van der Waals surface area contributed by atoms with Gasteiger partial charge in [0.2, 0.25) is 0 Å². The van der Waals surface area contributed by atoms with Gasteiger partial charge in [0, 0.05) is 30.1 Å². The molecule has 0 spiro atoms. The molecule has 4 rings (SSSR count). The number of carbonyl (C=O) groups excluding carboxylic acids is 1. The van der Waals surface area contributed by atoms with E-state index < -0.39 is 0 Å². The number of benzene rings is 2. The molecule has 4 aromatic rings. The van der Waals surface area contributed by atoms with E-state index in [9.17, 15) is 4.79 Å². The highest BCUT2D eigenvalue weighted by atomic mass is 35.5. The fraction of sp³-hybridized carbons (Fsp3) is 0.190. The molecule has 0 saturated carbocycles. The molecule has 6 nitrogen and oxygen atoms in total. The van der Waals surface area contributed by atoms with Crippen LogP contribution < -0.4 is 0 Å². The number of aromatic nitrogens is 2. The molecule has 2 aromatic carbocycles. The molecular weight excluding hydrogens is 378 g/mol. The van der Waals surface area contributed by atoms with Gasteiger partial charge in [0.1, 0.15) is 5.52 Å². The topological polar surface area (TPSA) is 72.4 Å². The van der Waals surface area contributed by atoms with Crippen molar-refractivity contribution in [2.45, 2.75) is 19.9 Å². The highest BCUT2D eigenvalue weighted by Gasteiger charge is 2.16. The van der Waals surface area contributed by atoms with Crippen molar-refractivity contribution >= 4 is 28.6 Å². The molecule has 0 N–H and O–H groups in total. The van der Waals surface area contributed by atoms with E-state index in [2.05, 4.69) is 10.1 Å². The number of hydrogen-bond donors (Lipinski definition) is 0. The molecule has 1 amide bonds. The number of fused-ring (bicyclic) bond motifs is 1. The molecule has 28 heavy (non-hydrogen) atoms. The number of amides is 1. The quantitative estimate of drug-likeness (QED) is 0.492. The lowest BCUT2D eigenvalue weighted by Crippen LogP contribution is -2.25. The van der Waals surface area contributed by atoms with E-state index in [1.807, 2.05) is 37.3 Å². The van der Waals surface area contributed by atoms with Gasteiger partial charge in [0.15, 0.2) is 17.2 Å².